The molecule has 0 aromatic carbocycles. The summed E-state index contributed by atoms with van der Waals surface area (Å²) < 4.78 is 30.4. The minimum atomic E-state index is -3.57. The first-order valence-corrected chi connectivity index (χ1v) is 7.37. The molecular weight excluding hydrogens is 280 g/mol. The highest BCUT2D eigenvalue weighted by atomic mass is 32.2. The first-order valence-electron chi connectivity index (χ1n) is 5.01. The number of amides is 2. The number of rotatable bonds is 5. The van der Waals surface area contributed by atoms with Gasteiger partial charge in [0.2, 0.25) is 10.0 Å². The molecule has 2 amide bonds. The smallest absolute Gasteiger partial charge is 0.417 e. The van der Waals surface area contributed by atoms with E-state index in [-0.39, 0.29) is 23.9 Å². The van der Waals surface area contributed by atoms with Crippen molar-refractivity contribution in [3.8, 4) is 0 Å². The Hall–Kier alpha value is -1.45. The number of hydrogen-bond acceptors (Lipinski definition) is 6. The Morgan fingerprint density at radius 2 is 2.22 bits per heavy atom. The van der Waals surface area contributed by atoms with Crippen LogP contribution in [0.2, 0.25) is 0 Å². The quantitative estimate of drug-likeness (QED) is 0.824. The molecule has 1 aromatic heterocycles. The number of hydrogen-bond donors (Lipinski definition) is 1. The van der Waals surface area contributed by atoms with Crippen molar-refractivity contribution in [3.63, 3.8) is 0 Å². The number of imide groups is 1. The summed E-state index contributed by atoms with van der Waals surface area (Å²) in [7, 11) is -3.57. The molecule has 0 bridgehead atoms. The molecular formula is C9H10N2O5S2. The van der Waals surface area contributed by atoms with Crippen molar-refractivity contribution in [2.45, 2.75) is 4.21 Å². The highest BCUT2D eigenvalue weighted by molar-refractivity contribution is 7.91. The molecule has 18 heavy (non-hydrogen) atoms. The van der Waals surface area contributed by atoms with Gasteiger partial charge in [0, 0.05) is 13.1 Å². The van der Waals surface area contributed by atoms with Crippen LogP contribution in [0.1, 0.15) is 0 Å². The lowest BCUT2D eigenvalue weighted by Gasteiger charge is -2.10. The van der Waals surface area contributed by atoms with Crippen molar-refractivity contribution in [3.05, 3.63) is 17.5 Å². The van der Waals surface area contributed by atoms with E-state index in [0.717, 1.165) is 16.2 Å². The summed E-state index contributed by atoms with van der Waals surface area (Å²) in [6.07, 6.45) is -0.740. The highest BCUT2D eigenvalue weighted by Crippen LogP contribution is 2.15. The lowest BCUT2D eigenvalue weighted by molar-refractivity contribution is -0.125. The number of cyclic esters (lactones) is 1. The van der Waals surface area contributed by atoms with Crippen molar-refractivity contribution in [2.24, 2.45) is 0 Å². The maximum Gasteiger partial charge on any atom is 0.417 e. The Kier molecular flexibility index (Phi) is 3.64. The molecule has 2 heterocycles. The molecule has 7 nitrogen and oxygen atoms in total. The van der Waals surface area contributed by atoms with Gasteiger partial charge in [-0.2, -0.15) is 0 Å². The van der Waals surface area contributed by atoms with E-state index >= 15 is 0 Å². The van der Waals surface area contributed by atoms with E-state index in [4.69, 9.17) is 0 Å². The van der Waals surface area contributed by atoms with Gasteiger partial charge in [0.25, 0.3) is 5.91 Å². The van der Waals surface area contributed by atoms with E-state index in [1.54, 1.807) is 11.4 Å². The van der Waals surface area contributed by atoms with Crippen LogP contribution in [0, 0.1) is 0 Å². The first-order chi connectivity index (χ1) is 8.50. The average Bonchev–Trinajstić information content (AvgIpc) is 2.93. The zero-order valence-electron chi connectivity index (χ0n) is 9.16. The fourth-order valence-corrected chi connectivity index (χ4v) is 3.44. The van der Waals surface area contributed by atoms with Crippen LogP contribution >= 0.6 is 11.3 Å². The van der Waals surface area contributed by atoms with Crippen LogP contribution in [0.5, 0.6) is 0 Å². The van der Waals surface area contributed by atoms with Crippen LogP contribution in [0.15, 0.2) is 21.7 Å². The second kappa shape index (κ2) is 5.04. The van der Waals surface area contributed by atoms with Gasteiger partial charge in [-0.05, 0) is 11.4 Å². The van der Waals surface area contributed by atoms with E-state index in [1.165, 1.54) is 6.07 Å². The monoisotopic (exact) mass is 290 g/mol. The molecule has 1 saturated heterocycles. The molecule has 1 aliphatic rings. The number of nitrogens with zero attached hydrogens (tertiary/aromatic N) is 1. The number of ether oxygens (including phenoxy) is 1. The molecule has 0 atom stereocenters. The Morgan fingerprint density at radius 3 is 2.78 bits per heavy atom. The van der Waals surface area contributed by atoms with Crippen molar-refractivity contribution >= 4 is 33.4 Å². The predicted octanol–water partition coefficient (Wildman–Crippen LogP) is 0.00520. The fourth-order valence-electron chi connectivity index (χ4n) is 1.38. The number of carbonyl (C=O) groups is 2. The topological polar surface area (TPSA) is 92.8 Å². The minimum absolute atomic E-state index is 0.0394. The SMILES string of the molecule is O=C1COC(=O)N1CCNS(=O)(=O)c1cccs1. The summed E-state index contributed by atoms with van der Waals surface area (Å²) in [6, 6.07) is 3.10. The van der Waals surface area contributed by atoms with Crippen molar-refractivity contribution in [1.82, 2.24) is 9.62 Å². The van der Waals surface area contributed by atoms with Crippen LogP contribution in [-0.4, -0.2) is 45.0 Å². The summed E-state index contributed by atoms with van der Waals surface area (Å²) in [5.41, 5.74) is 0. The predicted molar refractivity (Wildman–Crippen MR) is 62.6 cm³/mol. The summed E-state index contributed by atoms with van der Waals surface area (Å²) in [6.45, 7) is -0.361. The third kappa shape index (κ3) is 2.68. The number of nitrogens with one attached hydrogen (secondary N) is 1. The second-order valence-corrected chi connectivity index (χ2v) is 6.37. The molecule has 1 N–H and O–H groups in total. The van der Waals surface area contributed by atoms with Gasteiger partial charge in [-0.25, -0.2) is 22.8 Å². The van der Waals surface area contributed by atoms with E-state index in [2.05, 4.69) is 9.46 Å². The Labute approximate surface area is 107 Å². The third-order valence-electron chi connectivity index (χ3n) is 2.23. The van der Waals surface area contributed by atoms with E-state index in [1.807, 2.05) is 0 Å². The standard InChI is InChI=1S/C9H10N2O5S2/c12-7-6-16-9(13)11(7)4-3-10-18(14,15)8-2-1-5-17-8/h1-2,5,10H,3-4,6H2. The fraction of sp³-hybridized carbons (Fsp3) is 0.333. The van der Waals surface area contributed by atoms with Crippen LogP contribution in [0.25, 0.3) is 0 Å². The van der Waals surface area contributed by atoms with Crippen LogP contribution in [0.4, 0.5) is 4.79 Å². The van der Waals surface area contributed by atoms with Crippen molar-refractivity contribution in [1.29, 1.82) is 0 Å². The van der Waals surface area contributed by atoms with Crippen LogP contribution in [-0.2, 0) is 19.6 Å². The second-order valence-electron chi connectivity index (χ2n) is 3.43. The van der Waals surface area contributed by atoms with Crippen LogP contribution in [0.3, 0.4) is 0 Å². The third-order valence-corrected chi connectivity index (χ3v) is 5.09. The lowest BCUT2D eigenvalue weighted by atomic mass is 10.5. The van der Waals surface area contributed by atoms with Gasteiger partial charge in [0.1, 0.15) is 4.21 Å². The summed E-state index contributed by atoms with van der Waals surface area (Å²) in [5, 5.41) is 1.65. The van der Waals surface area contributed by atoms with Crippen molar-refractivity contribution in [2.75, 3.05) is 19.7 Å². The number of thiophene rings is 1. The average molecular weight is 290 g/mol. The minimum Gasteiger partial charge on any atom is -0.439 e. The van der Waals surface area contributed by atoms with E-state index in [0.29, 0.717) is 0 Å². The van der Waals surface area contributed by atoms with E-state index < -0.39 is 22.0 Å². The van der Waals surface area contributed by atoms with Gasteiger partial charge in [-0.1, -0.05) is 6.07 Å². The van der Waals surface area contributed by atoms with Gasteiger partial charge in [0.05, 0.1) is 0 Å². The summed E-state index contributed by atoms with van der Waals surface area (Å²) in [5.74, 6) is -0.463. The number of carbonyl (C=O) groups excluding carboxylic acids is 2. The number of sulfonamides is 1. The maximum atomic E-state index is 11.7. The van der Waals surface area contributed by atoms with Gasteiger partial charge >= 0.3 is 6.09 Å². The molecule has 9 heteroatoms. The molecule has 0 unspecified atom stereocenters. The summed E-state index contributed by atoms with van der Waals surface area (Å²) >= 11 is 1.09. The van der Waals surface area contributed by atoms with Gasteiger partial charge in [0.15, 0.2) is 6.61 Å². The Morgan fingerprint density at radius 1 is 1.44 bits per heavy atom. The lowest BCUT2D eigenvalue weighted by Crippen LogP contribution is -2.37. The molecule has 1 aromatic rings. The molecule has 0 radical (unpaired) electrons. The summed E-state index contributed by atoms with van der Waals surface area (Å²) in [4.78, 5) is 23.1. The van der Waals surface area contributed by atoms with Crippen molar-refractivity contribution < 1.29 is 22.7 Å². The molecule has 0 spiro atoms. The highest BCUT2D eigenvalue weighted by Gasteiger charge is 2.30. The molecule has 1 aliphatic heterocycles. The van der Waals surface area contributed by atoms with Gasteiger partial charge < -0.3 is 4.74 Å². The zero-order valence-corrected chi connectivity index (χ0v) is 10.8. The zero-order chi connectivity index (χ0) is 13.2. The Balaban J connectivity index is 1.89. The maximum absolute atomic E-state index is 11.7. The van der Waals surface area contributed by atoms with Crippen LogP contribution < -0.4 is 4.72 Å². The molecule has 1 fully saturated rings. The van der Waals surface area contributed by atoms with E-state index in [9.17, 15) is 18.0 Å². The first kappa shape index (κ1) is 13.0. The molecule has 98 valence electrons. The molecule has 0 aliphatic carbocycles. The van der Waals surface area contributed by atoms with Gasteiger partial charge in [-0.15, -0.1) is 11.3 Å². The van der Waals surface area contributed by atoms with Gasteiger partial charge in [-0.3, -0.25) is 4.79 Å². The normalized spacial score (nSPS) is 16.1. The molecule has 2 rings (SSSR count). The molecule has 0 saturated carbocycles. The Bertz CT molecular complexity index is 536. The largest absolute Gasteiger partial charge is 0.439 e.